The van der Waals surface area contributed by atoms with E-state index < -0.39 is 36.1 Å². The first-order valence-corrected chi connectivity index (χ1v) is 13.8. The van der Waals surface area contributed by atoms with Gasteiger partial charge in [-0.15, -0.1) is 0 Å². The molecule has 0 bridgehead atoms. The molecule has 1 aromatic heterocycles. The van der Waals surface area contributed by atoms with Gasteiger partial charge in [-0.05, 0) is 73.6 Å². The molecular formula is C27H44BN5O5. The van der Waals surface area contributed by atoms with E-state index in [1.807, 2.05) is 46.4 Å². The third-order valence-electron chi connectivity index (χ3n) is 7.83. The Balaban J connectivity index is 1.42. The first-order chi connectivity index (χ1) is 17.6. The van der Waals surface area contributed by atoms with Crippen LogP contribution < -0.4 is 15.7 Å². The zero-order chi connectivity index (χ0) is 28.0. The lowest BCUT2D eigenvalue weighted by molar-refractivity contribution is -0.133. The fourth-order valence-electron chi connectivity index (χ4n) is 4.86. The number of rotatable bonds is 7. The van der Waals surface area contributed by atoms with Gasteiger partial charge in [0.15, 0.2) is 0 Å². The molecule has 1 aliphatic carbocycles. The van der Waals surface area contributed by atoms with Crippen molar-refractivity contribution >= 4 is 30.5 Å². The summed E-state index contributed by atoms with van der Waals surface area (Å²) in [6, 6.07) is -0.157. The number of anilines is 1. The Labute approximate surface area is 227 Å². The van der Waals surface area contributed by atoms with Gasteiger partial charge >= 0.3 is 13.2 Å². The molecule has 3 heterocycles. The first kappa shape index (κ1) is 28.6. The molecular weight excluding hydrogens is 485 g/mol. The highest BCUT2D eigenvalue weighted by Gasteiger charge is 2.52. The number of nitrogens with zero attached hydrogens (tertiary/aromatic N) is 4. The van der Waals surface area contributed by atoms with Crippen LogP contribution in [0.1, 0.15) is 81.6 Å². The van der Waals surface area contributed by atoms with Crippen LogP contribution in [0, 0.1) is 5.92 Å². The lowest BCUT2D eigenvalue weighted by Crippen LogP contribution is -2.52. The number of nitrogens with one attached hydrogen (secondary N) is 1. The van der Waals surface area contributed by atoms with Crippen molar-refractivity contribution in [3.8, 4) is 0 Å². The van der Waals surface area contributed by atoms with Crippen molar-refractivity contribution in [1.82, 2.24) is 20.2 Å². The molecule has 11 heteroatoms. The highest BCUT2D eigenvalue weighted by atomic mass is 16.7. The topological polar surface area (TPSA) is 106 Å². The minimum atomic E-state index is -0.645. The lowest BCUT2D eigenvalue weighted by Gasteiger charge is -2.32. The molecule has 2 atom stereocenters. The van der Waals surface area contributed by atoms with E-state index in [2.05, 4.69) is 10.2 Å². The molecule has 2 aliphatic heterocycles. The fourth-order valence-corrected chi connectivity index (χ4v) is 4.86. The molecule has 38 heavy (non-hydrogen) atoms. The van der Waals surface area contributed by atoms with Crippen LogP contribution in [-0.4, -0.2) is 82.0 Å². The zero-order valence-electron chi connectivity index (χ0n) is 24.4. The quantitative estimate of drug-likeness (QED) is 0.538. The van der Waals surface area contributed by atoms with Crippen molar-refractivity contribution < 1.29 is 23.6 Å². The predicted octanol–water partition coefficient (Wildman–Crippen LogP) is 2.89. The minimum absolute atomic E-state index is 0.0699. The summed E-state index contributed by atoms with van der Waals surface area (Å²) in [5.41, 5.74) is -0.694. The van der Waals surface area contributed by atoms with Gasteiger partial charge in [0.1, 0.15) is 11.6 Å². The minimum Gasteiger partial charge on any atom is -0.444 e. The zero-order valence-corrected chi connectivity index (χ0v) is 24.4. The Hall–Kier alpha value is -2.40. The van der Waals surface area contributed by atoms with Gasteiger partial charge in [-0.1, -0.05) is 13.8 Å². The van der Waals surface area contributed by atoms with Crippen LogP contribution in [0.2, 0.25) is 0 Å². The van der Waals surface area contributed by atoms with E-state index in [4.69, 9.17) is 24.0 Å². The van der Waals surface area contributed by atoms with Gasteiger partial charge in [-0.25, -0.2) is 14.8 Å². The second kappa shape index (κ2) is 10.3. The van der Waals surface area contributed by atoms with Crippen LogP contribution in [0.15, 0.2) is 12.4 Å². The molecule has 1 saturated carbocycles. The van der Waals surface area contributed by atoms with Gasteiger partial charge < -0.3 is 29.2 Å². The number of likely N-dealkylation sites (tertiary alicyclic amines) is 1. The summed E-state index contributed by atoms with van der Waals surface area (Å²) in [5.74, 6) is 0.514. The highest BCUT2D eigenvalue weighted by Crippen LogP contribution is 2.37. The van der Waals surface area contributed by atoms with Crippen LogP contribution >= 0.6 is 0 Å². The van der Waals surface area contributed by atoms with Crippen LogP contribution in [0.5, 0.6) is 0 Å². The summed E-state index contributed by atoms with van der Waals surface area (Å²) in [7, 11) is -0.506. The van der Waals surface area contributed by atoms with Gasteiger partial charge in [-0.2, -0.15) is 0 Å². The number of carbonyl (C=O) groups is 2. The molecule has 1 unspecified atom stereocenters. The number of amides is 2. The number of aromatic nitrogens is 2. The predicted molar refractivity (Wildman–Crippen MR) is 146 cm³/mol. The summed E-state index contributed by atoms with van der Waals surface area (Å²) >= 11 is 0. The Morgan fingerprint density at radius 3 is 2.16 bits per heavy atom. The maximum Gasteiger partial charge on any atom is 0.498 e. The molecule has 2 amide bonds. The van der Waals surface area contributed by atoms with Gasteiger partial charge in [0, 0.05) is 37.0 Å². The molecule has 3 aliphatic rings. The molecule has 0 radical (unpaired) electrons. The molecule has 1 N–H and O–H groups in total. The van der Waals surface area contributed by atoms with E-state index >= 15 is 0 Å². The third-order valence-corrected chi connectivity index (χ3v) is 7.83. The monoisotopic (exact) mass is 529 g/mol. The molecule has 1 aromatic rings. The molecule has 210 valence electrons. The van der Waals surface area contributed by atoms with Crippen molar-refractivity contribution in [2.24, 2.45) is 5.92 Å². The summed E-state index contributed by atoms with van der Waals surface area (Å²) in [5, 5.41) is 2.79. The Morgan fingerprint density at radius 1 is 1.08 bits per heavy atom. The van der Waals surface area contributed by atoms with Crippen molar-refractivity contribution in [3.63, 3.8) is 0 Å². The molecule has 10 nitrogen and oxygen atoms in total. The van der Waals surface area contributed by atoms with E-state index in [-0.39, 0.29) is 17.9 Å². The largest absolute Gasteiger partial charge is 0.498 e. The Morgan fingerprint density at radius 2 is 1.66 bits per heavy atom. The maximum absolute atomic E-state index is 13.5. The maximum atomic E-state index is 13.5. The van der Waals surface area contributed by atoms with E-state index in [1.54, 1.807) is 33.2 Å². The lowest BCUT2D eigenvalue weighted by atomic mass is 9.81. The van der Waals surface area contributed by atoms with E-state index in [1.165, 1.54) is 0 Å². The summed E-state index contributed by atoms with van der Waals surface area (Å²) in [4.78, 5) is 39.4. The summed E-state index contributed by atoms with van der Waals surface area (Å²) in [6.07, 6.45) is 6.00. The second-order valence-electron chi connectivity index (χ2n) is 13.1. The van der Waals surface area contributed by atoms with Gasteiger partial charge in [-0.3, -0.25) is 4.79 Å². The number of hydrogen-bond donors (Lipinski definition) is 1. The van der Waals surface area contributed by atoms with E-state index in [9.17, 15) is 9.59 Å². The number of hydrogen-bond acceptors (Lipinski definition) is 8. The van der Waals surface area contributed by atoms with Crippen LogP contribution in [0.4, 0.5) is 10.7 Å². The van der Waals surface area contributed by atoms with E-state index in [0.29, 0.717) is 25.1 Å². The number of ether oxygens (including phenoxy) is 1. The number of carbonyl (C=O) groups excluding carboxylic acids is 2. The van der Waals surface area contributed by atoms with Crippen molar-refractivity contribution in [2.45, 2.75) is 117 Å². The molecule has 2 saturated heterocycles. The number of alkyl carbamates (subject to hydrolysis) is 1. The summed E-state index contributed by atoms with van der Waals surface area (Å²) < 4.78 is 17.7. The second-order valence-corrected chi connectivity index (χ2v) is 13.1. The van der Waals surface area contributed by atoms with Crippen molar-refractivity contribution in [1.29, 1.82) is 0 Å². The standard InChI is InChI=1S/C27H44BN5O5/c1-17(2)21(31-24(35)36-25(3,4)5)22(34)32-13-12-20(16-32)33(19-10-11-19)23-29-14-18(15-30-23)28-37-26(6,7)27(8,9)38-28/h14-15,17,19-21H,10-13,16H2,1-9H3,(H,31,35)/t20-,21?/m1/s1. The molecule has 0 aromatic carbocycles. The van der Waals surface area contributed by atoms with E-state index in [0.717, 1.165) is 24.7 Å². The third kappa shape index (κ3) is 6.25. The smallest absolute Gasteiger partial charge is 0.444 e. The van der Waals surface area contributed by atoms with Gasteiger partial charge in [0.25, 0.3) is 0 Å². The summed E-state index contributed by atoms with van der Waals surface area (Å²) in [6.45, 7) is 18.6. The fraction of sp³-hybridized carbons (Fsp3) is 0.778. The van der Waals surface area contributed by atoms with Crippen LogP contribution in [0.25, 0.3) is 0 Å². The first-order valence-electron chi connectivity index (χ1n) is 13.8. The molecule has 3 fully saturated rings. The molecule has 4 rings (SSSR count). The highest BCUT2D eigenvalue weighted by molar-refractivity contribution is 6.61. The van der Waals surface area contributed by atoms with Crippen molar-refractivity contribution in [2.75, 3.05) is 18.0 Å². The van der Waals surface area contributed by atoms with Crippen LogP contribution in [0.3, 0.4) is 0 Å². The average molecular weight is 529 g/mol. The van der Waals surface area contributed by atoms with Crippen LogP contribution in [-0.2, 0) is 18.8 Å². The Kier molecular flexibility index (Phi) is 7.75. The average Bonchev–Trinajstić information content (AvgIpc) is 3.45. The van der Waals surface area contributed by atoms with Crippen molar-refractivity contribution in [3.05, 3.63) is 12.4 Å². The van der Waals surface area contributed by atoms with Gasteiger partial charge in [0.05, 0.1) is 17.2 Å². The normalized spacial score (nSPS) is 23.5. The Bertz CT molecular complexity index is 1010. The molecule has 0 spiro atoms. The van der Waals surface area contributed by atoms with Gasteiger partial charge in [0.2, 0.25) is 11.9 Å². The SMILES string of the molecule is CC(C)C(NC(=O)OC(C)(C)C)C(=O)N1CC[C@@H](N(c2ncc(B3OC(C)(C)C(C)(C)O3)cn2)C2CC2)C1.